The molecule has 0 saturated heterocycles. The van der Waals surface area contributed by atoms with Crippen LogP contribution in [-0.2, 0) is 10.0 Å². The average molecular weight is 425 g/mol. The van der Waals surface area contributed by atoms with E-state index in [-0.39, 0.29) is 0 Å². The number of benzene rings is 1. The third-order valence-electron chi connectivity index (χ3n) is 3.46. The van der Waals surface area contributed by atoms with E-state index in [0.717, 1.165) is 29.3 Å². The number of sulfonamides is 1. The molecular weight excluding hydrogens is 406 g/mol. The molecule has 0 amide bonds. The molecule has 0 aliphatic heterocycles. The molecule has 3 nitrogen and oxygen atoms in total. The molecule has 1 aromatic carbocycles. The zero-order valence-electron chi connectivity index (χ0n) is 11.7. The minimum Gasteiger partial charge on any atom is -0.207 e. The monoisotopic (exact) mass is 423 g/mol. The summed E-state index contributed by atoms with van der Waals surface area (Å²) in [4.78, 5) is 0.351. The van der Waals surface area contributed by atoms with Crippen molar-refractivity contribution in [1.29, 1.82) is 0 Å². The lowest BCUT2D eigenvalue weighted by Gasteiger charge is -2.22. The van der Waals surface area contributed by atoms with Gasteiger partial charge in [-0.3, -0.25) is 0 Å². The van der Waals surface area contributed by atoms with Crippen LogP contribution in [0.25, 0.3) is 0 Å². The second-order valence-corrected chi connectivity index (χ2v) is 8.95. The van der Waals surface area contributed by atoms with Gasteiger partial charge in [-0.15, -0.1) is 0 Å². The van der Waals surface area contributed by atoms with Crippen LogP contribution in [0, 0.1) is 12.8 Å². The third-order valence-corrected chi connectivity index (χ3v) is 7.14. The lowest BCUT2D eigenvalue weighted by molar-refractivity contribution is 0.395. The minimum absolute atomic E-state index is 0.351. The van der Waals surface area contributed by atoms with Gasteiger partial charge in [-0.1, -0.05) is 22.9 Å². The molecule has 0 radical (unpaired) electrons. The first-order valence-corrected chi connectivity index (χ1v) is 9.84. The van der Waals surface area contributed by atoms with Crippen LogP contribution in [0.15, 0.2) is 26.0 Å². The van der Waals surface area contributed by atoms with E-state index < -0.39 is 10.0 Å². The smallest absolute Gasteiger partial charge is 0.207 e. The highest BCUT2D eigenvalue weighted by molar-refractivity contribution is 9.11. The highest BCUT2D eigenvalue weighted by atomic mass is 79.9. The van der Waals surface area contributed by atoms with E-state index in [1.54, 1.807) is 10.4 Å². The Morgan fingerprint density at radius 3 is 2.45 bits per heavy atom. The highest BCUT2D eigenvalue weighted by Gasteiger charge is 2.32. The Hall–Kier alpha value is 0.0900. The van der Waals surface area contributed by atoms with Crippen molar-refractivity contribution in [2.24, 2.45) is 5.92 Å². The molecule has 1 aromatic rings. The maximum absolute atomic E-state index is 12.8. The van der Waals surface area contributed by atoms with Crippen molar-refractivity contribution in [2.45, 2.75) is 38.0 Å². The Kier molecular flexibility index (Phi) is 5.32. The summed E-state index contributed by atoms with van der Waals surface area (Å²) in [6, 6.07) is 3.54. The minimum atomic E-state index is -3.43. The fourth-order valence-electron chi connectivity index (χ4n) is 2.11. The number of aryl methyl sites for hydroxylation is 1. The summed E-state index contributed by atoms with van der Waals surface area (Å²) >= 11 is 6.81. The Labute approximate surface area is 138 Å². The summed E-state index contributed by atoms with van der Waals surface area (Å²) in [5, 5.41) is 0. The molecule has 0 spiro atoms. The number of hydrogen-bond acceptors (Lipinski definition) is 2. The van der Waals surface area contributed by atoms with E-state index in [1.807, 2.05) is 19.9 Å². The van der Waals surface area contributed by atoms with Gasteiger partial charge in [0, 0.05) is 22.0 Å². The Morgan fingerprint density at radius 2 is 1.90 bits per heavy atom. The number of nitrogens with zero attached hydrogens (tertiary/aromatic N) is 1. The molecular formula is C14H19Br2NO2S. The van der Waals surface area contributed by atoms with Crippen LogP contribution in [-0.4, -0.2) is 25.8 Å². The fraction of sp³-hybridized carbons (Fsp3) is 0.571. The van der Waals surface area contributed by atoms with Gasteiger partial charge < -0.3 is 0 Å². The van der Waals surface area contributed by atoms with Gasteiger partial charge in [-0.2, -0.15) is 4.31 Å². The molecule has 1 saturated carbocycles. The van der Waals surface area contributed by atoms with E-state index in [1.165, 1.54) is 0 Å². The molecule has 2 rings (SSSR count). The first-order valence-electron chi connectivity index (χ1n) is 6.82. The molecule has 1 aliphatic carbocycles. The normalized spacial score (nSPS) is 15.8. The SMILES string of the molecule is CCCN(CC1CC1)S(=O)(=O)c1cc(Br)c(C)cc1Br. The van der Waals surface area contributed by atoms with Crippen molar-refractivity contribution in [2.75, 3.05) is 13.1 Å². The maximum Gasteiger partial charge on any atom is 0.244 e. The van der Waals surface area contributed by atoms with Gasteiger partial charge in [0.2, 0.25) is 10.0 Å². The predicted octanol–water partition coefficient (Wildman–Crippen LogP) is 4.33. The zero-order valence-corrected chi connectivity index (χ0v) is 15.7. The van der Waals surface area contributed by atoms with Crippen LogP contribution in [0.1, 0.15) is 31.7 Å². The van der Waals surface area contributed by atoms with E-state index in [2.05, 4.69) is 31.9 Å². The Bertz CT molecular complexity index is 597. The van der Waals surface area contributed by atoms with Crippen molar-refractivity contribution < 1.29 is 8.42 Å². The van der Waals surface area contributed by atoms with Crippen LogP contribution < -0.4 is 0 Å². The van der Waals surface area contributed by atoms with Gasteiger partial charge in [0.15, 0.2) is 0 Å². The molecule has 0 unspecified atom stereocenters. The fourth-order valence-corrected chi connectivity index (χ4v) is 5.36. The predicted molar refractivity (Wildman–Crippen MR) is 88.4 cm³/mol. The van der Waals surface area contributed by atoms with E-state index in [0.29, 0.717) is 28.4 Å². The molecule has 1 aliphatic rings. The van der Waals surface area contributed by atoms with Crippen molar-refractivity contribution in [1.82, 2.24) is 4.31 Å². The van der Waals surface area contributed by atoms with Gasteiger partial charge >= 0.3 is 0 Å². The molecule has 0 bridgehead atoms. The maximum atomic E-state index is 12.8. The largest absolute Gasteiger partial charge is 0.244 e. The van der Waals surface area contributed by atoms with Gasteiger partial charge in [0.25, 0.3) is 0 Å². The average Bonchev–Trinajstić information content (AvgIpc) is 3.17. The van der Waals surface area contributed by atoms with Crippen molar-refractivity contribution in [3.8, 4) is 0 Å². The van der Waals surface area contributed by atoms with Crippen molar-refractivity contribution >= 4 is 41.9 Å². The second kappa shape index (κ2) is 6.46. The molecule has 0 heterocycles. The third kappa shape index (κ3) is 3.64. The second-order valence-electron chi connectivity index (χ2n) is 5.34. The van der Waals surface area contributed by atoms with E-state index >= 15 is 0 Å². The highest BCUT2D eigenvalue weighted by Crippen LogP contribution is 2.34. The first-order chi connectivity index (χ1) is 9.36. The standard InChI is InChI=1S/C14H19Br2NO2S/c1-3-6-17(9-11-4-5-11)20(18,19)14-8-12(15)10(2)7-13(14)16/h7-8,11H,3-6,9H2,1-2H3. The summed E-state index contributed by atoms with van der Waals surface area (Å²) < 4.78 is 28.8. The van der Waals surface area contributed by atoms with Gasteiger partial charge in [-0.25, -0.2) is 8.42 Å². The molecule has 0 aromatic heterocycles. The molecule has 0 N–H and O–H groups in total. The van der Waals surface area contributed by atoms with Gasteiger partial charge in [0.05, 0.1) is 4.90 Å². The Morgan fingerprint density at radius 1 is 1.25 bits per heavy atom. The lowest BCUT2D eigenvalue weighted by Crippen LogP contribution is -2.34. The topological polar surface area (TPSA) is 37.4 Å². The van der Waals surface area contributed by atoms with Gasteiger partial charge in [-0.05, 0) is 65.7 Å². The van der Waals surface area contributed by atoms with Crippen LogP contribution in [0.5, 0.6) is 0 Å². The lowest BCUT2D eigenvalue weighted by atomic mass is 10.2. The molecule has 112 valence electrons. The zero-order chi connectivity index (χ0) is 14.9. The van der Waals surface area contributed by atoms with Crippen LogP contribution in [0.4, 0.5) is 0 Å². The summed E-state index contributed by atoms with van der Waals surface area (Å²) in [5.41, 5.74) is 1.01. The first kappa shape index (κ1) is 16.5. The number of hydrogen-bond donors (Lipinski definition) is 0. The van der Waals surface area contributed by atoms with E-state index in [4.69, 9.17) is 0 Å². The molecule has 1 fully saturated rings. The van der Waals surface area contributed by atoms with Crippen LogP contribution in [0.2, 0.25) is 0 Å². The summed E-state index contributed by atoms with van der Waals surface area (Å²) in [6.45, 7) is 5.18. The van der Waals surface area contributed by atoms with Gasteiger partial charge in [0.1, 0.15) is 0 Å². The summed E-state index contributed by atoms with van der Waals surface area (Å²) in [7, 11) is -3.43. The van der Waals surface area contributed by atoms with E-state index in [9.17, 15) is 8.42 Å². The number of halogens is 2. The Balaban J connectivity index is 2.38. The molecule has 6 heteroatoms. The van der Waals surface area contributed by atoms with Crippen LogP contribution >= 0.6 is 31.9 Å². The quantitative estimate of drug-likeness (QED) is 0.681. The number of rotatable bonds is 6. The molecule has 0 atom stereocenters. The molecule has 20 heavy (non-hydrogen) atoms. The summed E-state index contributed by atoms with van der Waals surface area (Å²) in [6.07, 6.45) is 3.12. The van der Waals surface area contributed by atoms with Crippen molar-refractivity contribution in [3.63, 3.8) is 0 Å². The van der Waals surface area contributed by atoms with Crippen molar-refractivity contribution in [3.05, 3.63) is 26.6 Å². The summed E-state index contributed by atoms with van der Waals surface area (Å²) in [5.74, 6) is 0.545. The van der Waals surface area contributed by atoms with Crippen LogP contribution in [0.3, 0.4) is 0 Å².